The van der Waals surface area contributed by atoms with Crippen LogP contribution in [0.3, 0.4) is 0 Å². The number of methoxy groups -OCH3 is 1. The van der Waals surface area contributed by atoms with E-state index in [9.17, 15) is 4.79 Å². The number of nitrogens with zero attached hydrogens (tertiary/aromatic N) is 1. The number of thiocarbonyl (C=S) groups is 1. The molecule has 1 saturated heterocycles. The van der Waals surface area contributed by atoms with E-state index in [2.05, 4.69) is 26.1 Å². The summed E-state index contributed by atoms with van der Waals surface area (Å²) in [4.78, 5) is 15.2. The van der Waals surface area contributed by atoms with E-state index in [4.69, 9.17) is 38.0 Å². The molecule has 1 amide bonds. The molecule has 1 N–H and O–H groups in total. The number of morpholine rings is 1. The van der Waals surface area contributed by atoms with Crippen molar-refractivity contribution in [3.8, 4) is 11.5 Å². The summed E-state index contributed by atoms with van der Waals surface area (Å²) >= 11 is 15.2. The fourth-order valence-corrected chi connectivity index (χ4v) is 4.03. The van der Waals surface area contributed by atoms with Crippen LogP contribution < -0.4 is 14.8 Å². The van der Waals surface area contributed by atoms with Gasteiger partial charge in [-0.15, -0.1) is 0 Å². The number of benzene rings is 2. The van der Waals surface area contributed by atoms with Crippen LogP contribution in [0.4, 0.5) is 5.69 Å². The number of anilines is 1. The Morgan fingerprint density at radius 3 is 2.77 bits per heavy atom. The topological polar surface area (TPSA) is 60.0 Å². The molecule has 2 aromatic rings. The number of ether oxygens (including phenoxy) is 3. The number of hydrogen-bond acceptors (Lipinski definition) is 5. The molecule has 1 aliphatic heterocycles. The van der Waals surface area contributed by atoms with Crippen molar-refractivity contribution in [3.05, 3.63) is 51.0 Å². The van der Waals surface area contributed by atoms with E-state index < -0.39 is 0 Å². The first kappa shape index (κ1) is 22.8. The molecule has 0 radical (unpaired) electrons. The standard InChI is InChI=1S/C21H22BrClN2O4S/c1-13-16(23)4-3-5-17(13)24-19(26)12-29-20-15(22)10-14(11-18(20)27-2)21(30)25-6-8-28-9-7-25/h3-5,10-11H,6-9,12H2,1-2H3,(H,24,26). The highest BCUT2D eigenvalue weighted by Crippen LogP contribution is 2.37. The summed E-state index contributed by atoms with van der Waals surface area (Å²) in [7, 11) is 1.55. The molecule has 1 fully saturated rings. The Kier molecular flexibility index (Phi) is 7.93. The Hall–Kier alpha value is -1.87. The van der Waals surface area contributed by atoms with Crippen molar-refractivity contribution >= 4 is 56.3 Å². The number of amides is 1. The van der Waals surface area contributed by atoms with Gasteiger partial charge in [0.05, 0.1) is 24.8 Å². The molecule has 9 heteroatoms. The third-order valence-electron chi connectivity index (χ3n) is 4.66. The third kappa shape index (κ3) is 5.43. The lowest BCUT2D eigenvalue weighted by atomic mass is 10.1. The summed E-state index contributed by atoms with van der Waals surface area (Å²) in [5.74, 6) is 0.618. The summed E-state index contributed by atoms with van der Waals surface area (Å²) in [6.45, 7) is 4.46. The predicted molar refractivity (Wildman–Crippen MR) is 125 cm³/mol. The van der Waals surface area contributed by atoms with Crippen molar-refractivity contribution in [2.75, 3.05) is 45.3 Å². The summed E-state index contributed by atoms with van der Waals surface area (Å²) in [5.41, 5.74) is 2.28. The summed E-state index contributed by atoms with van der Waals surface area (Å²) in [6, 6.07) is 9.03. The predicted octanol–water partition coefficient (Wildman–Crippen LogP) is 4.44. The average molecular weight is 514 g/mol. The molecule has 0 aliphatic carbocycles. The van der Waals surface area contributed by atoms with Crippen molar-refractivity contribution in [1.29, 1.82) is 0 Å². The lowest BCUT2D eigenvalue weighted by Crippen LogP contribution is -2.40. The van der Waals surface area contributed by atoms with Crippen LogP contribution in [0.25, 0.3) is 0 Å². The minimum atomic E-state index is -0.303. The molecule has 0 spiro atoms. The van der Waals surface area contributed by atoms with Gasteiger partial charge >= 0.3 is 0 Å². The highest BCUT2D eigenvalue weighted by molar-refractivity contribution is 9.10. The van der Waals surface area contributed by atoms with E-state index in [1.807, 2.05) is 19.1 Å². The van der Waals surface area contributed by atoms with Crippen LogP contribution >= 0.6 is 39.7 Å². The van der Waals surface area contributed by atoms with Crippen LogP contribution in [0.15, 0.2) is 34.8 Å². The van der Waals surface area contributed by atoms with Crippen LogP contribution in [0.2, 0.25) is 5.02 Å². The Morgan fingerprint density at radius 1 is 1.33 bits per heavy atom. The van der Waals surface area contributed by atoms with Gasteiger partial charge in [-0.25, -0.2) is 0 Å². The van der Waals surface area contributed by atoms with E-state index in [-0.39, 0.29) is 12.5 Å². The normalized spacial score (nSPS) is 13.7. The first-order valence-electron chi connectivity index (χ1n) is 9.33. The molecule has 3 rings (SSSR count). The van der Waals surface area contributed by atoms with Gasteiger partial charge < -0.3 is 24.4 Å². The van der Waals surface area contributed by atoms with Crippen molar-refractivity contribution < 1.29 is 19.0 Å². The van der Waals surface area contributed by atoms with E-state index in [1.165, 1.54) is 0 Å². The highest BCUT2D eigenvalue weighted by Gasteiger charge is 2.20. The van der Waals surface area contributed by atoms with Gasteiger partial charge in [-0.2, -0.15) is 0 Å². The lowest BCUT2D eigenvalue weighted by Gasteiger charge is -2.29. The minimum Gasteiger partial charge on any atom is -0.493 e. The second kappa shape index (κ2) is 10.4. The Labute approximate surface area is 194 Å². The van der Waals surface area contributed by atoms with Gasteiger partial charge in [-0.1, -0.05) is 29.9 Å². The van der Waals surface area contributed by atoms with Crippen molar-refractivity contribution in [1.82, 2.24) is 4.90 Å². The van der Waals surface area contributed by atoms with Gasteiger partial charge in [0.15, 0.2) is 18.1 Å². The number of nitrogens with one attached hydrogen (secondary N) is 1. The number of rotatable bonds is 6. The smallest absolute Gasteiger partial charge is 0.262 e. The number of halogens is 2. The first-order valence-corrected chi connectivity index (χ1v) is 10.9. The molecule has 1 aliphatic rings. The summed E-state index contributed by atoms with van der Waals surface area (Å²) in [6.07, 6.45) is 0. The van der Waals surface area contributed by atoms with E-state index in [0.29, 0.717) is 39.9 Å². The van der Waals surface area contributed by atoms with Gasteiger partial charge in [0.25, 0.3) is 5.91 Å². The molecule has 6 nitrogen and oxygen atoms in total. The second-order valence-electron chi connectivity index (χ2n) is 6.64. The molecule has 0 unspecified atom stereocenters. The quantitative estimate of drug-likeness (QED) is 0.576. The summed E-state index contributed by atoms with van der Waals surface area (Å²) in [5, 5.41) is 3.39. The van der Waals surface area contributed by atoms with E-state index in [1.54, 1.807) is 25.3 Å². The van der Waals surface area contributed by atoms with Gasteiger partial charge in [0.2, 0.25) is 0 Å². The van der Waals surface area contributed by atoms with Crippen molar-refractivity contribution in [2.45, 2.75) is 6.92 Å². The molecule has 0 bridgehead atoms. The molecule has 30 heavy (non-hydrogen) atoms. The van der Waals surface area contributed by atoms with Crippen LogP contribution in [0, 0.1) is 6.92 Å². The Bertz CT molecular complexity index is 951. The van der Waals surface area contributed by atoms with Crippen LogP contribution in [0.1, 0.15) is 11.1 Å². The molecular weight excluding hydrogens is 492 g/mol. The first-order chi connectivity index (χ1) is 14.4. The van der Waals surface area contributed by atoms with Gasteiger partial charge in [0, 0.05) is 29.4 Å². The summed E-state index contributed by atoms with van der Waals surface area (Å²) < 4.78 is 17.3. The number of carbonyl (C=O) groups excluding carboxylic acids is 1. The van der Waals surface area contributed by atoms with Crippen molar-refractivity contribution in [2.24, 2.45) is 0 Å². The Balaban J connectivity index is 1.70. The zero-order chi connectivity index (χ0) is 21.7. The van der Waals surface area contributed by atoms with E-state index in [0.717, 1.165) is 29.2 Å². The lowest BCUT2D eigenvalue weighted by molar-refractivity contribution is -0.118. The molecule has 1 heterocycles. The number of carbonyl (C=O) groups is 1. The van der Waals surface area contributed by atoms with Gasteiger partial charge in [-0.05, 0) is 52.7 Å². The third-order valence-corrected chi connectivity index (χ3v) is 6.16. The van der Waals surface area contributed by atoms with Crippen LogP contribution in [0.5, 0.6) is 11.5 Å². The molecule has 2 aromatic carbocycles. The molecule has 160 valence electrons. The molecule has 0 saturated carbocycles. The van der Waals surface area contributed by atoms with Crippen LogP contribution in [-0.2, 0) is 9.53 Å². The molecule has 0 atom stereocenters. The largest absolute Gasteiger partial charge is 0.493 e. The fraction of sp³-hybridized carbons (Fsp3) is 0.333. The monoisotopic (exact) mass is 512 g/mol. The van der Waals surface area contributed by atoms with Gasteiger partial charge in [-0.3, -0.25) is 4.79 Å². The zero-order valence-electron chi connectivity index (χ0n) is 16.7. The van der Waals surface area contributed by atoms with Crippen LogP contribution in [-0.4, -0.2) is 55.8 Å². The molecular formula is C21H22BrClN2O4S. The fourth-order valence-electron chi connectivity index (χ4n) is 3.00. The maximum atomic E-state index is 12.4. The van der Waals surface area contributed by atoms with Gasteiger partial charge in [0.1, 0.15) is 4.99 Å². The zero-order valence-corrected chi connectivity index (χ0v) is 19.8. The highest BCUT2D eigenvalue weighted by atomic mass is 79.9. The van der Waals surface area contributed by atoms with Crippen molar-refractivity contribution in [3.63, 3.8) is 0 Å². The molecule has 0 aromatic heterocycles. The Morgan fingerprint density at radius 2 is 2.07 bits per heavy atom. The van der Waals surface area contributed by atoms with E-state index >= 15 is 0 Å². The second-order valence-corrected chi connectivity index (χ2v) is 8.29. The average Bonchev–Trinajstić information content (AvgIpc) is 2.75. The number of hydrogen-bond donors (Lipinski definition) is 1. The minimum absolute atomic E-state index is 0.186. The maximum absolute atomic E-state index is 12.4. The maximum Gasteiger partial charge on any atom is 0.262 e. The SMILES string of the molecule is COc1cc(C(=S)N2CCOCC2)cc(Br)c1OCC(=O)Nc1cccc(Cl)c1C.